The molecule has 18 heavy (non-hydrogen) atoms. The second-order valence-electron chi connectivity index (χ2n) is 3.80. The number of anilines is 1. The van der Waals surface area contributed by atoms with Gasteiger partial charge in [-0.15, -0.1) is 0 Å². The number of aromatic nitrogens is 3. The Kier molecular flexibility index (Phi) is 2.64. The van der Waals surface area contributed by atoms with E-state index in [2.05, 4.69) is 36.4 Å². The minimum absolute atomic E-state index is 0.224. The normalized spacial score (nSPS) is 10.7. The number of nitrogens with one attached hydrogen (secondary N) is 3. The van der Waals surface area contributed by atoms with Gasteiger partial charge in [0.25, 0.3) is 5.91 Å². The van der Waals surface area contributed by atoms with E-state index in [0.29, 0.717) is 11.5 Å². The van der Waals surface area contributed by atoms with Crippen LogP contribution in [0.5, 0.6) is 0 Å². The van der Waals surface area contributed by atoms with E-state index in [-0.39, 0.29) is 5.91 Å². The van der Waals surface area contributed by atoms with Gasteiger partial charge in [-0.05, 0) is 34.1 Å². The number of aromatic amines is 2. The number of carbonyl (C=O) groups is 1. The molecule has 3 aromatic rings. The van der Waals surface area contributed by atoms with Gasteiger partial charge in [-0.25, -0.2) is 0 Å². The summed E-state index contributed by atoms with van der Waals surface area (Å²) in [6.07, 6.45) is 1.71. The van der Waals surface area contributed by atoms with Gasteiger partial charge < -0.3 is 10.3 Å². The summed E-state index contributed by atoms with van der Waals surface area (Å²) in [4.78, 5) is 14.8. The summed E-state index contributed by atoms with van der Waals surface area (Å²) in [5.74, 6) is 0.305. The first-order chi connectivity index (χ1) is 8.74. The van der Waals surface area contributed by atoms with Crippen LogP contribution >= 0.6 is 15.9 Å². The van der Waals surface area contributed by atoms with Crippen molar-refractivity contribution in [2.24, 2.45) is 0 Å². The number of rotatable bonds is 2. The number of para-hydroxylation sites is 1. The number of carbonyl (C=O) groups excluding carboxylic acids is 1. The number of hydrogen-bond acceptors (Lipinski definition) is 2. The maximum atomic E-state index is 12.0. The highest BCUT2D eigenvalue weighted by atomic mass is 79.9. The minimum Gasteiger partial charge on any atom is -0.356 e. The predicted octanol–water partition coefficient (Wildman–Crippen LogP) is 2.91. The van der Waals surface area contributed by atoms with Crippen LogP contribution < -0.4 is 5.32 Å². The lowest BCUT2D eigenvalue weighted by molar-refractivity contribution is 0.102. The summed E-state index contributed by atoms with van der Waals surface area (Å²) in [6.45, 7) is 0. The summed E-state index contributed by atoms with van der Waals surface area (Å²) >= 11 is 3.29. The fourth-order valence-corrected chi connectivity index (χ4v) is 2.08. The van der Waals surface area contributed by atoms with E-state index >= 15 is 0 Å². The molecule has 0 radical (unpaired) electrons. The average Bonchev–Trinajstić information content (AvgIpc) is 2.97. The minimum atomic E-state index is -0.224. The van der Waals surface area contributed by atoms with Crippen LogP contribution in [0.25, 0.3) is 10.9 Å². The largest absolute Gasteiger partial charge is 0.356 e. The second-order valence-corrected chi connectivity index (χ2v) is 4.72. The molecule has 2 heterocycles. The lowest BCUT2D eigenvalue weighted by Gasteiger charge is -1.99. The Bertz CT molecular complexity index is 716. The molecule has 0 fully saturated rings. The lowest BCUT2D eigenvalue weighted by Crippen LogP contribution is -2.12. The van der Waals surface area contributed by atoms with E-state index in [4.69, 9.17) is 0 Å². The third-order valence-electron chi connectivity index (χ3n) is 2.59. The van der Waals surface area contributed by atoms with Gasteiger partial charge in [-0.1, -0.05) is 12.1 Å². The van der Waals surface area contributed by atoms with Gasteiger partial charge in [0.2, 0.25) is 0 Å². The van der Waals surface area contributed by atoms with Crippen molar-refractivity contribution in [3.63, 3.8) is 0 Å². The van der Waals surface area contributed by atoms with Crippen LogP contribution in [0.2, 0.25) is 0 Å². The Morgan fingerprint density at radius 3 is 2.94 bits per heavy atom. The van der Waals surface area contributed by atoms with Gasteiger partial charge in [0, 0.05) is 16.1 Å². The molecular formula is C12H9BrN4O. The van der Waals surface area contributed by atoms with Gasteiger partial charge in [0.05, 0.1) is 5.52 Å². The molecule has 90 valence electrons. The Morgan fingerprint density at radius 1 is 1.33 bits per heavy atom. The molecule has 0 aliphatic rings. The predicted molar refractivity (Wildman–Crippen MR) is 72.5 cm³/mol. The molecule has 0 bridgehead atoms. The number of fused-ring (bicyclic) bond motifs is 1. The Hall–Kier alpha value is -2.08. The standard InChI is InChI=1S/C12H9BrN4O/c13-7-5-10(14-6-7)12(18)15-11-8-3-1-2-4-9(8)16-17-11/h1-6,14H,(H2,15,16,17,18). The summed E-state index contributed by atoms with van der Waals surface area (Å²) in [5, 5.41) is 10.6. The van der Waals surface area contributed by atoms with Gasteiger partial charge in [-0.3, -0.25) is 9.89 Å². The third kappa shape index (κ3) is 1.91. The van der Waals surface area contributed by atoms with Crippen molar-refractivity contribution < 1.29 is 4.79 Å². The quantitative estimate of drug-likeness (QED) is 0.681. The molecule has 6 heteroatoms. The molecule has 0 aliphatic heterocycles. The van der Waals surface area contributed by atoms with E-state index < -0.39 is 0 Å². The summed E-state index contributed by atoms with van der Waals surface area (Å²) in [5.41, 5.74) is 1.37. The van der Waals surface area contributed by atoms with Crippen molar-refractivity contribution in [1.29, 1.82) is 0 Å². The third-order valence-corrected chi connectivity index (χ3v) is 3.05. The zero-order chi connectivity index (χ0) is 12.5. The SMILES string of the molecule is O=C(Nc1n[nH]c2ccccc12)c1cc(Br)c[nH]1. The van der Waals surface area contributed by atoms with Crippen LogP contribution in [0.4, 0.5) is 5.82 Å². The smallest absolute Gasteiger partial charge is 0.273 e. The summed E-state index contributed by atoms with van der Waals surface area (Å²) in [6, 6.07) is 9.33. The van der Waals surface area contributed by atoms with Crippen molar-refractivity contribution in [3.05, 3.63) is 46.7 Å². The Morgan fingerprint density at radius 2 is 2.17 bits per heavy atom. The zero-order valence-corrected chi connectivity index (χ0v) is 10.8. The van der Waals surface area contributed by atoms with Gasteiger partial charge >= 0.3 is 0 Å². The van der Waals surface area contributed by atoms with Crippen molar-refractivity contribution in [3.8, 4) is 0 Å². The number of hydrogen-bond donors (Lipinski definition) is 3. The van der Waals surface area contributed by atoms with Crippen molar-refractivity contribution >= 4 is 38.6 Å². The monoisotopic (exact) mass is 304 g/mol. The van der Waals surface area contributed by atoms with Crippen LogP contribution in [-0.4, -0.2) is 21.1 Å². The van der Waals surface area contributed by atoms with E-state index in [1.807, 2.05) is 24.3 Å². The van der Waals surface area contributed by atoms with Gasteiger partial charge in [0.15, 0.2) is 5.82 Å². The first-order valence-corrected chi connectivity index (χ1v) is 6.12. The molecule has 3 rings (SSSR count). The van der Waals surface area contributed by atoms with Gasteiger partial charge in [0.1, 0.15) is 5.69 Å². The highest BCUT2D eigenvalue weighted by Gasteiger charge is 2.11. The number of halogens is 1. The molecule has 0 spiro atoms. The van der Waals surface area contributed by atoms with E-state index in [9.17, 15) is 4.79 Å². The first kappa shape index (κ1) is 11.0. The zero-order valence-electron chi connectivity index (χ0n) is 9.20. The van der Waals surface area contributed by atoms with Crippen LogP contribution in [0, 0.1) is 0 Å². The Labute approximate surface area is 111 Å². The van der Waals surface area contributed by atoms with Crippen LogP contribution in [-0.2, 0) is 0 Å². The molecule has 0 saturated carbocycles. The molecule has 0 unspecified atom stereocenters. The molecule has 0 atom stereocenters. The lowest BCUT2D eigenvalue weighted by atomic mass is 10.2. The fraction of sp³-hybridized carbons (Fsp3) is 0. The molecule has 0 saturated heterocycles. The van der Waals surface area contributed by atoms with Crippen LogP contribution in [0.1, 0.15) is 10.5 Å². The van der Waals surface area contributed by atoms with Gasteiger partial charge in [-0.2, -0.15) is 5.10 Å². The molecular weight excluding hydrogens is 296 g/mol. The number of amides is 1. The highest BCUT2D eigenvalue weighted by molar-refractivity contribution is 9.10. The first-order valence-electron chi connectivity index (χ1n) is 5.32. The van der Waals surface area contributed by atoms with E-state index in [0.717, 1.165) is 15.4 Å². The van der Waals surface area contributed by atoms with E-state index in [1.54, 1.807) is 12.3 Å². The summed E-state index contributed by atoms with van der Waals surface area (Å²) in [7, 11) is 0. The molecule has 1 aromatic carbocycles. The average molecular weight is 305 g/mol. The van der Waals surface area contributed by atoms with Crippen molar-refractivity contribution in [2.45, 2.75) is 0 Å². The maximum absolute atomic E-state index is 12.0. The number of nitrogens with zero attached hydrogens (tertiary/aromatic N) is 1. The topological polar surface area (TPSA) is 73.6 Å². The second kappa shape index (κ2) is 4.30. The van der Waals surface area contributed by atoms with Crippen molar-refractivity contribution in [1.82, 2.24) is 15.2 Å². The van der Waals surface area contributed by atoms with Crippen molar-refractivity contribution in [2.75, 3.05) is 5.32 Å². The fourth-order valence-electron chi connectivity index (χ4n) is 1.73. The molecule has 1 amide bonds. The van der Waals surface area contributed by atoms with Crippen LogP contribution in [0.3, 0.4) is 0 Å². The molecule has 2 aromatic heterocycles. The highest BCUT2D eigenvalue weighted by Crippen LogP contribution is 2.20. The number of H-pyrrole nitrogens is 2. The summed E-state index contributed by atoms with van der Waals surface area (Å²) < 4.78 is 0.833. The Balaban J connectivity index is 1.90. The van der Waals surface area contributed by atoms with E-state index in [1.165, 1.54) is 0 Å². The molecule has 5 nitrogen and oxygen atoms in total. The molecule has 0 aliphatic carbocycles. The number of benzene rings is 1. The molecule has 3 N–H and O–H groups in total. The van der Waals surface area contributed by atoms with Crippen LogP contribution in [0.15, 0.2) is 41.0 Å². The maximum Gasteiger partial charge on any atom is 0.273 e.